The topological polar surface area (TPSA) is 64.8 Å². The Kier molecular flexibility index (Phi) is 3.72. The Bertz CT molecular complexity index is 454. The van der Waals surface area contributed by atoms with Crippen molar-refractivity contribution in [2.24, 2.45) is 0 Å². The van der Waals surface area contributed by atoms with Crippen LogP contribution < -0.4 is 10.6 Å². The minimum atomic E-state index is -0.354. The van der Waals surface area contributed by atoms with Gasteiger partial charge in [0.25, 0.3) is 0 Å². The summed E-state index contributed by atoms with van der Waals surface area (Å²) >= 11 is 0. The smallest absolute Gasteiger partial charge is 0.338 e. The highest BCUT2D eigenvalue weighted by atomic mass is 16.5. The first-order chi connectivity index (χ1) is 8.63. The van der Waals surface area contributed by atoms with Crippen LogP contribution in [-0.4, -0.2) is 39.4 Å². The molecule has 5 heteroatoms. The Labute approximate surface area is 106 Å². The SMILES string of the molecule is COC(=O)c1cc(N)c(N2CCOCC2)cc1C. The fourth-order valence-electron chi connectivity index (χ4n) is 2.12. The molecule has 0 aromatic heterocycles. The average Bonchev–Trinajstić information content (AvgIpc) is 2.41. The maximum atomic E-state index is 11.6. The third kappa shape index (κ3) is 2.41. The van der Waals surface area contributed by atoms with E-state index in [4.69, 9.17) is 15.2 Å². The van der Waals surface area contributed by atoms with Crippen LogP contribution in [0.4, 0.5) is 11.4 Å². The molecular formula is C13H18N2O3. The van der Waals surface area contributed by atoms with Crippen LogP contribution in [0.5, 0.6) is 0 Å². The molecule has 0 radical (unpaired) electrons. The molecule has 1 aromatic carbocycles. The summed E-state index contributed by atoms with van der Waals surface area (Å²) in [6.45, 7) is 4.94. The van der Waals surface area contributed by atoms with Gasteiger partial charge in [-0.15, -0.1) is 0 Å². The number of nitrogen functional groups attached to an aromatic ring is 1. The summed E-state index contributed by atoms with van der Waals surface area (Å²) in [7, 11) is 1.37. The van der Waals surface area contributed by atoms with Crippen molar-refractivity contribution in [1.82, 2.24) is 0 Å². The molecule has 1 aromatic rings. The van der Waals surface area contributed by atoms with Gasteiger partial charge in [-0.1, -0.05) is 0 Å². The number of carbonyl (C=O) groups is 1. The largest absolute Gasteiger partial charge is 0.465 e. The average molecular weight is 250 g/mol. The van der Waals surface area contributed by atoms with Crippen molar-refractivity contribution in [3.63, 3.8) is 0 Å². The lowest BCUT2D eigenvalue weighted by atomic mass is 10.1. The summed E-state index contributed by atoms with van der Waals surface area (Å²) in [5.74, 6) is -0.354. The van der Waals surface area contributed by atoms with Crippen LogP contribution in [0.15, 0.2) is 12.1 Å². The molecule has 18 heavy (non-hydrogen) atoms. The molecule has 98 valence electrons. The van der Waals surface area contributed by atoms with Gasteiger partial charge < -0.3 is 20.1 Å². The lowest BCUT2D eigenvalue weighted by Gasteiger charge is -2.30. The molecule has 1 aliphatic heterocycles. The van der Waals surface area contributed by atoms with Crippen LogP contribution in [0.25, 0.3) is 0 Å². The van der Waals surface area contributed by atoms with E-state index in [0.717, 1.165) is 24.3 Å². The molecule has 1 fully saturated rings. The van der Waals surface area contributed by atoms with Crippen LogP contribution in [0, 0.1) is 6.92 Å². The van der Waals surface area contributed by atoms with Gasteiger partial charge in [0.05, 0.1) is 37.3 Å². The number of aryl methyl sites for hydroxylation is 1. The quantitative estimate of drug-likeness (QED) is 0.631. The van der Waals surface area contributed by atoms with Crippen LogP contribution in [-0.2, 0) is 9.47 Å². The number of methoxy groups -OCH3 is 1. The molecule has 5 nitrogen and oxygen atoms in total. The van der Waals surface area contributed by atoms with E-state index >= 15 is 0 Å². The van der Waals surface area contributed by atoms with Gasteiger partial charge in [-0.2, -0.15) is 0 Å². The Hall–Kier alpha value is -1.75. The predicted molar refractivity (Wildman–Crippen MR) is 70.0 cm³/mol. The van der Waals surface area contributed by atoms with E-state index in [1.165, 1.54) is 7.11 Å². The molecule has 1 aliphatic rings. The van der Waals surface area contributed by atoms with E-state index in [-0.39, 0.29) is 5.97 Å². The van der Waals surface area contributed by atoms with Gasteiger partial charge in [0.1, 0.15) is 0 Å². The van der Waals surface area contributed by atoms with Crippen molar-refractivity contribution in [1.29, 1.82) is 0 Å². The standard InChI is InChI=1S/C13H18N2O3/c1-9-7-12(15-3-5-18-6-4-15)11(14)8-10(9)13(16)17-2/h7-8H,3-6,14H2,1-2H3. The third-order valence-corrected chi connectivity index (χ3v) is 3.13. The van der Waals surface area contributed by atoms with Gasteiger partial charge in [-0.25, -0.2) is 4.79 Å². The van der Waals surface area contributed by atoms with E-state index in [2.05, 4.69) is 4.90 Å². The fourth-order valence-corrected chi connectivity index (χ4v) is 2.12. The van der Waals surface area contributed by atoms with Gasteiger partial charge in [0, 0.05) is 13.1 Å². The van der Waals surface area contributed by atoms with E-state index in [9.17, 15) is 4.79 Å². The van der Waals surface area contributed by atoms with Crippen LogP contribution in [0.1, 0.15) is 15.9 Å². The number of hydrogen-bond acceptors (Lipinski definition) is 5. The van der Waals surface area contributed by atoms with Crippen LogP contribution >= 0.6 is 0 Å². The summed E-state index contributed by atoms with van der Waals surface area (Å²) in [6.07, 6.45) is 0. The van der Waals surface area contributed by atoms with E-state index in [1.807, 2.05) is 13.0 Å². The van der Waals surface area contributed by atoms with Crippen molar-refractivity contribution in [3.8, 4) is 0 Å². The van der Waals surface area contributed by atoms with Gasteiger partial charge >= 0.3 is 5.97 Å². The number of carbonyl (C=O) groups excluding carboxylic acids is 1. The monoisotopic (exact) mass is 250 g/mol. The first-order valence-electron chi connectivity index (χ1n) is 5.94. The number of ether oxygens (including phenoxy) is 2. The summed E-state index contributed by atoms with van der Waals surface area (Å²) in [4.78, 5) is 13.7. The highest BCUT2D eigenvalue weighted by Crippen LogP contribution is 2.28. The lowest BCUT2D eigenvalue weighted by molar-refractivity contribution is 0.0600. The number of nitrogens with two attached hydrogens (primary N) is 1. The minimum Gasteiger partial charge on any atom is -0.465 e. The molecule has 1 saturated heterocycles. The molecule has 0 atom stereocenters. The molecule has 0 unspecified atom stereocenters. The maximum Gasteiger partial charge on any atom is 0.338 e. The third-order valence-electron chi connectivity index (χ3n) is 3.13. The zero-order valence-electron chi connectivity index (χ0n) is 10.7. The van der Waals surface area contributed by atoms with Gasteiger partial charge in [-0.3, -0.25) is 0 Å². The van der Waals surface area contributed by atoms with Crippen molar-refractivity contribution in [3.05, 3.63) is 23.3 Å². The summed E-state index contributed by atoms with van der Waals surface area (Å²) in [5.41, 5.74) is 8.98. The predicted octanol–water partition coefficient (Wildman–Crippen LogP) is 1.20. The molecule has 0 saturated carbocycles. The first-order valence-corrected chi connectivity index (χ1v) is 5.94. The number of morpholine rings is 1. The number of anilines is 2. The number of nitrogens with zero attached hydrogens (tertiary/aromatic N) is 1. The zero-order chi connectivity index (χ0) is 13.1. The summed E-state index contributed by atoms with van der Waals surface area (Å²) in [5, 5.41) is 0. The Morgan fingerprint density at radius 1 is 1.39 bits per heavy atom. The van der Waals surface area contributed by atoms with Crippen molar-refractivity contribution < 1.29 is 14.3 Å². The summed E-state index contributed by atoms with van der Waals surface area (Å²) < 4.78 is 10.0. The Morgan fingerprint density at radius 2 is 2.06 bits per heavy atom. The molecule has 0 bridgehead atoms. The van der Waals surface area contributed by atoms with Gasteiger partial charge in [0.2, 0.25) is 0 Å². The zero-order valence-corrected chi connectivity index (χ0v) is 10.7. The number of benzene rings is 1. The van der Waals surface area contributed by atoms with E-state index < -0.39 is 0 Å². The van der Waals surface area contributed by atoms with Crippen molar-refractivity contribution in [2.45, 2.75) is 6.92 Å². The van der Waals surface area contributed by atoms with Crippen LogP contribution in [0.2, 0.25) is 0 Å². The van der Waals surface area contributed by atoms with Crippen molar-refractivity contribution >= 4 is 17.3 Å². The maximum absolute atomic E-state index is 11.6. The minimum absolute atomic E-state index is 0.354. The summed E-state index contributed by atoms with van der Waals surface area (Å²) in [6, 6.07) is 3.62. The number of rotatable bonds is 2. The fraction of sp³-hybridized carbons (Fsp3) is 0.462. The molecule has 2 rings (SSSR count). The highest BCUT2D eigenvalue weighted by Gasteiger charge is 2.17. The molecule has 0 amide bonds. The van der Waals surface area contributed by atoms with E-state index in [0.29, 0.717) is 24.5 Å². The highest BCUT2D eigenvalue weighted by molar-refractivity contribution is 5.93. The van der Waals surface area contributed by atoms with Gasteiger partial charge in [0.15, 0.2) is 0 Å². The lowest BCUT2D eigenvalue weighted by Crippen LogP contribution is -2.36. The van der Waals surface area contributed by atoms with Gasteiger partial charge in [-0.05, 0) is 24.6 Å². The second-order valence-corrected chi connectivity index (χ2v) is 4.32. The second-order valence-electron chi connectivity index (χ2n) is 4.32. The molecule has 0 spiro atoms. The van der Waals surface area contributed by atoms with E-state index in [1.54, 1.807) is 6.07 Å². The molecule has 2 N–H and O–H groups in total. The number of hydrogen-bond donors (Lipinski definition) is 1. The Morgan fingerprint density at radius 3 is 2.67 bits per heavy atom. The second kappa shape index (κ2) is 5.27. The Balaban J connectivity index is 2.33. The van der Waals surface area contributed by atoms with Crippen LogP contribution in [0.3, 0.4) is 0 Å². The molecule has 0 aliphatic carbocycles. The normalized spacial score (nSPS) is 15.6. The molecular weight excluding hydrogens is 232 g/mol. The number of esters is 1. The van der Waals surface area contributed by atoms with Crippen molar-refractivity contribution in [2.75, 3.05) is 44.0 Å². The molecule has 1 heterocycles. The first kappa shape index (κ1) is 12.7.